The monoisotopic (exact) mass is 393 g/mol. The molecule has 8 heteroatoms. The molecule has 148 valence electrons. The first-order valence-electron chi connectivity index (χ1n) is 9.18. The maximum absolute atomic E-state index is 14.9. The van der Waals surface area contributed by atoms with Crippen LogP contribution in [-0.2, 0) is 4.74 Å². The van der Waals surface area contributed by atoms with E-state index in [1.807, 2.05) is 12.1 Å². The van der Waals surface area contributed by atoms with Crippen LogP contribution in [0.4, 0.5) is 10.1 Å². The number of ether oxygens (including phenoxy) is 2. The number of nitrogens with zero attached hydrogens (tertiary/aromatic N) is 5. The van der Waals surface area contributed by atoms with Crippen molar-refractivity contribution in [3.05, 3.63) is 54.5 Å². The van der Waals surface area contributed by atoms with Crippen molar-refractivity contribution in [2.24, 2.45) is 0 Å². The van der Waals surface area contributed by atoms with Gasteiger partial charge in [-0.1, -0.05) is 0 Å². The zero-order valence-corrected chi connectivity index (χ0v) is 16.2. The van der Waals surface area contributed by atoms with Crippen molar-refractivity contribution in [1.29, 1.82) is 5.26 Å². The number of nitriles is 1. The number of aromatic nitrogens is 3. The van der Waals surface area contributed by atoms with Crippen molar-refractivity contribution in [3.63, 3.8) is 0 Å². The van der Waals surface area contributed by atoms with Gasteiger partial charge in [0, 0.05) is 49.9 Å². The summed E-state index contributed by atoms with van der Waals surface area (Å²) in [6.07, 6.45) is 6.97. The van der Waals surface area contributed by atoms with Gasteiger partial charge in [-0.15, -0.1) is 0 Å². The molecular formula is C21H20FN5O2. The fraction of sp³-hybridized carbons (Fsp3) is 0.286. The molecule has 0 aliphatic carbocycles. The van der Waals surface area contributed by atoms with Gasteiger partial charge in [0.1, 0.15) is 23.7 Å². The lowest BCUT2D eigenvalue weighted by Gasteiger charge is -2.21. The van der Waals surface area contributed by atoms with Crippen LogP contribution in [0.5, 0.6) is 5.75 Å². The van der Waals surface area contributed by atoms with Crippen LogP contribution >= 0.6 is 0 Å². The molecule has 0 saturated carbocycles. The summed E-state index contributed by atoms with van der Waals surface area (Å²) in [5.41, 5.74) is 1.77. The second-order valence-corrected chi connectivity index (χ2v) is 6.77. The molecule has 0 N–H and O–H groups in total. The molecule has 2 aromatic heterocycles. The van der Waals surface area contributed by atoms with E-state index in [4.69, 9.17) is 9.47 Å². The van der Waals surface area contributed by atoms with Crippen LogP contribution in [0.3, 0.4) is 0 Å². The first kappa shape index (κ1) is 18.9. The molecule has 0 radical (unpaired) electrons. The number of hydrogen-bond donors (Lipinski definition) is 0. The highest BCUT2D eigenvalue weighted by Crippen LogP contribution is 2.36. The molecule has 4 rings (SSSR count). The minimum absolute atomic E-state index is 0.137. The van der Waals surface area contributed by atoms with Crippen LogP contribution in [0.25, 0.3) is 16.9 Å². The summed E-state index contributed by atoms with van der Waals surface area (Å²) < 4.78 is 27.4. The number of halogens is 1. The quantitative estimate of drug-likeness (QED) is 0.663. The third kappa shape index (κ3) is 3.52. The summed E-state index contributed by atoms with van der Waals surface area (Å²) in [7, 11) is 3.27. The molecular weight excluding hydrogens is 373 g/mol. The topological polar surface area (TPSA) is 76.2 Å². The van der Waals surface area contributed by atoms with Crippen LogP contribution in [-0.4, -0.2) is 47.9 Å². The standard InChI is InChI=1S/C21H20FN5O2/c1-28-16-3-5-26(12-16)15-7-14(8-17(9-15)29-2)20-18(10-23)21(25-11-19(20)22)27-6-4-24-13-27/h4,6-9,11,13,16H,3,5,12H2,1-2H3. The molecule has 1 saturated heterocycles. The van der Waals surface area contributed by atoms with Gasteiger partial charge in [0.2, 0.25) is 0 Å². The molecule has 7 nitrogen and oxygen atoms in total. The van der Waals surface area contributed by atoms with E-state index in [0.29, 0.717) is 17.1 Å². The van der Waals surface area contributed by atoms with Crippen molar-refractivity contribution in [3.8, 4) is 28.8 Å². The van der Waals surface area contributed by atoms with Gasteiger partial charge < -0.3 is 14.4 Å². The highest BCUT2D eigenvalue weighted by molar-refractivity contribution is 5.78. The van der Waals surface area contributed by atoms with E-state index in [2.05, 4.69) is 20.9 Å². The summed E-state index contributed by atoms with van der Waals surface area (Å²) in [5.74, 6) is 0.342. The Morgan fingerprint density at radius 2 is 2.14 bits per heavy atom. The fourth-order valence-corrected chi connectivity index (χ4v) is 3.63. The zero-order chi connectivity index (χ0) is 20.4. The first-order chi connectivity index (χ1) is 14.1. The molecule has 1 aliphatic heterocycles. The largest absolute Gasteiger partial charge is 0.497 e. The van der Waals surface area contributed by atoms with E-state index >= 15 is 0 Å². The normalized spacial score (nSPS) is 16.1. The third-order valence-corrected chi connectivity index (χ3v) is 5.13. The van der Waals surface area contributed by atoms with Gasteiger partial charge in [-0.25, -0.2) is 14.4 Å². The fourth-order valence-electron chi connectivity index (χ4n) is 3.63. The Morgan fingerprint density at radius 3 is 2.79 bits per heavy atom. The van der Waals surface area contributed by atoms with Crippen molar-refractivity contribution >= 4 is 5.69 Å². The number of rotatable bonds is 5. The van der Waals surface area contributed by atoms with Crippen molar-refractivity contribution in [2.45, 2.75) is 12.5 Å². The SMILES string of the molecule is COc1cc(-c2c(F)cnc(-n3ccnc3)c2C#N)cc(N2CCC(OC)C2)c1. The van der Waals surface area contributed by atoms with Gasteiger partial charge in [-0.3, -0.25) is 4.57 Å². The summed E-state index contributed by atoms with van der Waals surface area (Å²) in [5, 5.41) is 9.81. The number of hydrogen-bond acceptors (Lipinski definition) is 6. The van der Waals surface area contributed by atoms with E-state index < -0.39 is 5.82 Å². The summed E-state index contributed by atoms with van der Waals surface area (Å²) in [6.45, 7) is 1.57. The highest BCUT2D eigenvalue weighted by Gasteiger charge is 2.24. The predicted molar refractivity (Wildman–Crippen MR) is 106 cm³/mol. The van der Waals surface area contributed by atoms with Crippen LogP contribution in [0.1, 0.15) is 12.0 Å². The number of benzene rings is 1. The Balaban J connectivity index is 1.86. The summed E-state index contributed by atoms with van der Waals surface area (Å²) in [6, 6.07) is 7.61. The van der Waals surface area contributed by atoms with Gasteiger partial charge in [-0.05, 0) is 24.1 Å². The Morgan fingerprint density at radius 1 is 1.28 bits per heavy atom. The molecule has 1 aliphatic rings. The van der Waals surface area contributed by atoms with Crippen LogP contribution in [0.15, 0.2) is 43.1 Å². The Kier molecular flexibility index (Phi) is 5.14. The average Bonchev–Trinajstić information content (AvgIpc) is 3.45. The van der Waals surface area contributed by atoms with E-state index in [9.17, 15) is 9.65 Å². The molecule has 29 heavy (non-hydrogen) atoms. The van der Waals surface area contributed by atoms with Crippen LogP contribution in [0, 0.1) is 17.1 Å². The second-order valence-electron chi connectivity index (χ2n) is 6.77. The van der Waals surface area contributed by atoms with E-state index in [-0.39, 0.29) is 17.2 Å². The smallest absolute Gasteiger partial charge is 0.156 e. The molecule has 0 amide bonds. The molecule has 3 aromatic rings. The number of methoxy groups -OCH3 is 2. The molecule has 1 aromatic carbocycles. The van der Waals surface area contributed by atoms with E-state index in [1.165, 1.54) is 6.33 Å². The number of imidazole rings is 1. The van der Waals surface area contributed by atoms with E-state index in [0.717, 1.165) is 31.4 Å². The third-order valence-electron chi connectivity index (χ3n) is 5.13. The van der Waals surface area contributed by atoms with Gasteiger partial charge in [0.15, 0.2) is 11.6 Å². The van der Waals surface area contributed by atoms with Crippen molar-refractivity contribution < 1.29 is 13.9 Å². The van der Waals surface area contributed by atoms with Crippen LogP contribution in [0.2, 0.25) is 0 Å². The second kappa shape index (κ2) is 7.89. The van der Waals surface area contributed by atoms with Crippen LogP contribution < -0.4 is 9.64 Å². The first-order valence-corrected chi connectivity index (χ1v) is 9.18. The van der Waals surface area contributed by atoms with Gasteiger partial charge in [0.25, 0.3) is 0 Å². The Hall–Kier alpha value is -3.44. The van der Waals surface area contributed by atoms with Gasteiger partial charge in [-0.2, -0.15) is 5.26 Å². The molecule has 1 atom stereocenters. The zero-order valence-electron chi connectivity index (χ0n) is 16.2. The minimum atomic E-state index is -0.569. The maximum Gasteiger partial charge on any atom is 0.156 e. The lowest BCUT2D eigenvalue weighted by molar-refractivity contribution is 0.121. The Labute approximate surface area is 167 Å². The lowest BCUT2D eigenvalue weighted by atomic mass is 9.99. The minimum Gasteiger partial charge on any atom is -0.497 e. The van der Waals surface area contributed by atoms with Crippen molar-refractivity contribution in [2.75, 3.05) is 32.2 Å². The predicted octanol–water partition coefficient (Wildman–Crippen LogP) is 3.18. The molecule has 1 fully saturated rings. The number of pyridine rings is 1. The lowest BCUT2D eigenvalue weighted by Crippen LogP contribution is -2.22. The van der Waals surface area contributed by atoms with Gasteiger partial charge in [0.05, 0.1) is 19.4 Å². The molecule has 0 spiro atoms. The molecule has 0 bridgehead atoms. The number of anilines is 1. The van der Waals surface area contributed by atoms with E-state index in [1.54, 1.807) is 37.2 Å². The Bertz CT molecular complexity index is 1060. The van der Waals surface area contributed by atoms with Gasteiger partial charge >= 0.3 is 0 Å². The van der Waals surface area contributed by atoms with Crippen molar-refractivity contribution in [1.82, 2.24) is 14.5 Å². The maximum atomic E-state index is 14.9. The highest BCUT2D eigenvalue weighted by atomic mass is 19.1. The average molecular weight is 393 g/mol. The molecule has 1 unspecified atom stereocenters. The summed E-state index contributed by atoms with van der Waals surface area (Å²) in [4.78, 5) is 10.3. The molecule has 3 heterocycles. The summed E-state index contributed by atoms with van der Waals surface area (Å²) >= 11 is 0.